The largest absolute Gasteiger partial charge is 0.545 e. The van der Waals surface area contributed by atoms with Crippen molar-refractivity contribution in [2.45, 2.75) is 32.9 Å². The molecule has 1 amide bonds. The molecule has 1 aliphatic heterocycles. The first-order valence-corrected chi connectivity index (χ1v) is 5.45. The molecule has 1 atom stereocenters. The molecule has 0 aromatic carbocycles. The maximum atomic E-state index is 12.7. The number of hydrogen-bond acceptors (Lipinski definition) is 3. The van der Waals surface area contributed by atoms with Gasteiger partial charge in [0.25, 0.3) is 0 Å². The summed E-state index contributed by atoms with van der Waals surface area (Å²) in [4.78, 5) is 22.1. The molecular formula is C11H13F3NO3-. The van der Waals surface area contributed by atoms with Crippen LogP contribution in [0.1, 0.15) is 26.7 Å². The van der Waals surface area contributed by atoms with E-state index in [9.17, 15) is 27.9 Å². The van der Waals surface area contributed by atoms with Gasteiger partial charge in [0, 0.05) is 12.0 Å². The normalized spacial score (nSPS) is 21.2. The first-order valence-electron chi connectivity index (χ1n) is 5.45. The average Bonchev–Trinajstić information content (AvgIpc) is 2.13. The Morgan fingerprint density at radius 2 is 2.06 bits per heavy atom. The molecule has 0 aromatic rings. The molecule has 1 aliphatic rings. The highest BCUT2D eigenvalue weighted by Crippen LogP contribution is 2.35. The van der Waals surface area contributed by atoms with Crippen molar-refractivity contribution in [3.8, 4) is 0 Å². The van der Waals surface area contributed by atoms with Gasteiger partial charge in [0.05, 0.1) is 5.97 Å². The lowest BCUT2D eigenvalue weighted by Crippen LogP contribution is -2.44. The summed E-state index contributed by atoms with van der Waals surface area (Å²) in [6, 6.07) is 0. The molecule has 0 aromatic heterocycles. The number of allylic oxidation sites excluding steroid dienone is 1. The van der Waals surface area contributed by atoms with Gasteiger partial charge in [-0.1, -0.05) is 13.8 Å². The fourth-order valence-electron chi connectivity index (χ4n) is 2.05. The number of hydrogen-bond donors (Lipinski definition) is 1. The first-order chi connectivity index (χ1) is 8.12. The fraction of sp³-hybridized carbons (Fsp3) is 0.636. The monoisotopic (exact) mass is 264 g/mol. The molecule has 102 valence electrons. The van der Waals surface area contributed by atoms with E-state index in [0.29, 0.717) is 0 Å². The van der Waals surface area contributed by atoms with Crippen molar-refractivity contribution in [2.75, 3.05) is 0 Å². The number of rotatable bonds is 3. The van der Waals surface area contributed by atoms with E-state index in [0.717, 1.165) is 0 Å². The van der Waals surface area contributed by atoms with E-state index >= 15 is 0 Å². The predicted molar refractivity (Wildman–Crippen MR) is 53.8 cm³/mol. The van der Waals surface area contributed by atoms with Gasteiger partial charge in [0.1, 0.15) is 5.70 Å². The molecule has 1 rings (SSSR count). The number of halogens is 3. The molecule has 1 N–H and O–H groups in total. The number of carbonyl (C=O) groups is 2. The van der Waals surface area contributed by atoms with Crippen LogP contribution >= 0.6 is 0 Å². The molecule has 1 unspecified atom stereocenters. The van der Waals surface area contributed by atoms with E-state index in [4.69, 9.17) is 0 Å². The van der Waals surface area contributed by atoms with Gasteiger partial charge >= 0.3 is 6.18 Å². The van der Waals surface area contributed by atoms with Gasteiger partial charge in [-0.15, -0.1) is 0 Å². The zero-order chi connectivity index (χ0) is 14.1. The molecular weight excluding hydrogens is 251 g/mol. The lowest BCUT2D eigenvalue weighted by molar-refractivity contribution is -0.300. The quantitative estimate of drug-likeness (QED) is 0.817. The summed E-state index contributed by atoms with van der Waals surface area (Å²) in [5, 5.41) is 12.5. The summed E-state index contributed by atoms with van der Waals surface area (Å²) >= 11 is 0. The van der Waals surface area contributed by atoms with Crippen LogP contribution in [0.3, 0.4) is 0 Å². The topological polar surface area (TPSA) is 69.2 Å². The lowest BCUT2D eigenvalue weighted by Gasteiger charge is -2.31. The Morgan fingerprint density at radius 3 is 2.44 bits per heavy atom. The summed E-state index contributed by atoms with van der Waals surface area (Å²) in [7, 11) is 0. The van der Waals surface area contributed by atoms with Crippen LogP contribution < -0.4 is 10.4 Å². The van der Waals surface area contributed by atoms with Crippen molar-refractivity contribution in [1.29, 1.82) is 0 Å². The highest BCUT2D eigenvalue weighted by Gasteiger charge is 2.42. The Labute approximate surface area is 102 Å². The highest BCUT2D eigenvalue weighted by molar-refractivity contribution is 5.92. The minimum Gasteiger partial charge on any atom is -0.545 e. The van der Waals surface area contributed by atoms with Gasteiger partial charge in [-0.25, -0.2) is 0 Å². The van der Waals surface area contributed by atoms with Crippen LogP contribution in [-0.2, 0) is 9.59 Å². The number of alkyl halides is 3. The molecule has 1 heterocycles. The fourth-order valence-corrected chi connectivity index (χ4v) is 2.05. The van der Waals surface area contributed by atoms with E-state index < -0.39 is 35.2 Å². The molecule has 0 bridgehead atoms. The molecule has 0 radical (unpaired) electrons. The Hall–Kier alpha value is -1.53. The number of carboxylic acid groups (broad SMARTS) is 1. The third-order valence-electron chi connectivity index (χ3n) is 2.63. The second-order valence-electron chi connectivity index (χ2n) is 4.65. The van der Waals surface area contributed by atoms with E-state index in [1.54, 1.807) is 19.2 Å². The number of carbonyl (C=O) groups excluding carboxylic acids is 2. The number of amides is 1. The standard InChI is InChI=1S/C11H14F3NO3/c1-5(2)3-6-4-7(16)15-9(11(12,13)14)8(6)10(17)18/h5-6H,3-4H2,1-2H3,(H,15,16)(H,17,18)/p-1. The maximum absolute atomic E-state index is 12.7. The molecule has 0 saturated carbocycles. The predicted octanol–water partition coefficient (Wildman–Crippen LogP) is 0.735. The molecule has 18 heavy (non-hydrogen) atoms. The van der Waals surface area contributed by atoms with Crippen LogP contribution in [0.15, 0.2) is 11.3 Å². The first kappa shape index (κ1) is 14.5. The van der Waals surface area contributed by atoms with Crippen LogP contribution in [0.4, 0.5) is 13.2 Å². The van der Waals surface area contributed by atoms with Gasteiger partial charge in [0.15, 0.2) is 0 Å². The third-order valence-corrected chi connectivity index (χ3v) is 2.63. The molecule has 7 heteroatoms. The van der Waals surface area contributed by atoms with E-state index in [1.165, 1.54) is 0 Å². The Morgan fingerprint density at radius 1 is 1.50 bits per heavy atom. The second kappa shape index (κ2) is 4.99. The summed E-state index contributed by atoms with van der Waals surface area (Å²) in [5.74, 6) is -3.68. The zero-order valence-corrected chi connectivity index (χ0v) is 9.93. The number of carboxylic acids is 1. The zero-order valence-electron chi connectivity index (χ0n) is 9.93. The van der Waals surface area contributed by atoms with Crippen LogP contribution in [0, 0.1) is 11.8 Å². The van der Waals surface area contributed by atoms with Crippen molar-refractivity contribution >= 4 is 11.9 Å². The van der Waals surface area contributed by atoms with Gasteiger partial charge in [-0.3, -0.25) is 4.79 Å². The van der Waals surface area contributed by atoms with Crippen molar-refractivity contribution in [3.63, 3.8) is 0 Å². The second-order valence-corrected chi connectivity index (χ2v) is 4.65. The third kappa shape index (κ3) is 3.24. The molecule has 4 nitrogen and oxygen atoms in total. The van der Waals surface area contributed by atoms with E-state index in [-0.39, 0.29) is 18.8 Å². The van der Waals surface area contributed by atoms with Crippen molar-refractivity contribution < 1.29 is 27.9 Å². The molecule has 0 aliphatic carbocycles. The lowest BCUT2D eigenvalue weighted by atomic mass is 9.84. The van der Waals surface area contributed by atoms with E-state index in [1.807, 2.05) is 0 Å². The van der Waals surface area contributed by atoms with Gasteiger partial charge < -0.3 is 15.2 Å². The summed E-state index contributed by atoms with van der Waals surface area (Å²) < 4.78 is 38.0. The molecule has 0 spiro atoms. The minimum atomic E-state index is -4.90. The Balaban J connectivity index is 3.25. The number of aliphatic carboxylic acids is 1. The highest BCUT2D eigenvalue weighted by atomic mass is 19.4. The van der Waals surface area contributed by atoms with Crippen LogP contribution in [0.2, 0.25) is 0 Å². The Kier molecular flexibility index (Phi) is 4.03. The van der Waals surface area contributed by atoms with Gasteiger partial charge in [-0.2, -0.15) is 13.2 Å². The number of nitrogens with one attached hydrogen (secondary N) is 1. The van der Waals surface area contributed by atoms with Crippen molar-refractivity contribution in [2.24, 2.45) is 11.8 Å². The maximum Gasteiger partial charge on any atom is 0.431 e. The van der Waals surface area contributed by atoms with Gasteiger partial charge in [-0.05, 0) is 18.3 Å². The Bertz CT molecular complexity index is 399. The van der Waals surface area contributed by atoms with Crippen molar-refractivity contribution in [1.82, 2.24) is 5.32 Å². The van der Waals surface area contributed by atoms with Crippen LogP contribution in [0.5, 0.6) is 0 Å². The summed E-state index contributed by atoms with van der Waals surface area (Å²) in [6.07, 6.45) is -4.97. The smallest absolute Gasteiger partial charge is 0.431 e. The van der Waals surface area contributed by atoms with Crippen LogP contribution in [-0.4, -0.2) is 18.1 Å². The van der Waals surface area contributed by atoms with Crippen LogP contribution in [0.25, 0.3) is 0 Å². The minimum absolute atomic E-state index is 0.0234. The SMILES string of the molecule is CC(C)CC1CC(=O)NC(C(F)(F)F)=C1C(=O)[O-]. The van der Waals surface area contributed by atoms with E-state index in [2.05, 4.69) is 0 Å². The molecule has 0 saturated heterocycles. The van der Waals surface area contributed by atoms with Gasteiger partial charge in [0.2, 0.25) is 5.91 Å². The van der Waals surface area contributed by atoms with Crippen molar-refractivity contribution in [3.05, 3.63) is 11.3 Å². The average molecular weight is 264 g/mol. The summed E-state index contributed by atoms with van der Waals surface area (Å²) in [6.45, 7) is 3.49. The molecule has 0 fully saturated rings. The summed E-state index contributed by atoms with van der Waals surface area (Å²) in [5.41, 5.74) is -2.35.